The summed E-state index contributed by atoms with van der Waals surface area (Å²) in [5, 5.41) is 0. The molecule has 0 aliphatic carbocycles. The van der Waals surface area contributed by atoms with Crippen molar-refractivity contribution in [1.29, 1.82) is 0 Å². The van der Waals surface area contributed by atoms with E-state index in [1.807, 2.05) is 0 Å². The number of anilines is 1. The smallest absolute Gasteiger partial charge is 0.315 e. The zero-order chi connectivity index (χ0) is 14.3. The van der Waals surface area contributed by atoms with Gasteiger partial charge in [0, 0.05) is 12.7 Å². The molecule has 1 fully saturated rings. The molecule has 19 heavy (non-hydrogen) atoms. The minimum Gasteiger partial charge on any atom is -0.315 e. The van der Waals surface area contributed by atoms with Gasteiger partial charge in [-0.1, -0.05) is 0 Å². The van der Waals surface area contributed by atoms with E-state index in [2.05, 4.69) is 9.83 Å². The summed E-state index contributed by atoms with van der Waals surface area (Å²) in [6.45, 7) is 12.1. The van der Waals surface area contributed by atoms with E-state index >= 15 is 0 Å². The van der Waals surface area contributed by atoms with Gasteiger partial charge in [0.1, 0.15) is 11.9 Å². The predicted molar refractivity (Wildman–Crippen MR) is 70.1 cm³/mol. The van der Waals surface area contributed by atoms with Crippen LogP contribution in [0.5, 0.6) is 0 Å². The normalized spacial score (nSPS) is 19.0. The average Bonchev–Trinajstić information content (AvgIpc) is 2.57. The van der Waals surface area contributed by atoms with Crippen LogP contribution in [0.4, 0.5) is 16.3 Å². The lowest BCUT2D eigenvalue weighted by atomic mass is 10.2. The molecule has 3 amide bonds. The number of imide groups is 1. The van der Waals surface area contributed by atoms with Crippen molar-refractivity contribution < 1.29 is 9.59 Å². The molecule has 1 saturated heterocycles. The van der Waals surface area contributed by atoms with Crippen molar-refractivity contribution in [3.8, 4) is 0 Å². The van der Waals surface area contributed by atoms with Gasteiger partial charge in [0.25, 0.3) is 5.91 Å². The lowest BCUT2D eigenvalue weighted by molar-refractivity contribution is -0.119. The van der Waals surface area contributed by atoms with Gasteiger partial charge in [-0.05, 0) is 32.4 Å². The Balaban J connectivity index is 2.55. The second kappa shape index (κ2) is 4.35. The molecular weight excluding hydrogens is 244 g/mol. The summed E-state index contributed by atoms with van der Waals surface area (Å²) < 4.78 is 0. The number of amides is 3. The molecule has 0 N–H and O–H groups in total. The van der Waals surface area contributed by atoms with Crippen LogP contribution in [-0.2, 0) is 4.79 Å². The number of rotatable bonds is 1. The summed E-state index contributed by atoms with van der Waals surface area (Å²) in [6.07, 6.45) is 0. The molecule has 0 saturated carbocycles. The van der Waals surface area contributed by atoms with Gasteiger partial charge in [-0.15, -0.1) is 0 Å². The molecule has 6 nitrogen and oxygen atoms in total. The summed E-state index contributed by atoms with van der Waals surface area (Å²) in [5.74, 6) is 0.0224. The number of carbonyl (C=O) groups is 2. The van der Waals surface area contributed by atoms with Gasteiger partial charge in [-0.2, -0.15) is 0 Å². The van der Waals surface area contributed by atoms with E-state index in [0.717, 1.165) is 4.90 Å². The molecule has 1 aliphatic rings. The first-order valence-electron chi connectivity index (χ1n) is 5.85. The first-order chi connectivity index (χ1) is 8.88. The van der Waals surface area contributed by atoms with Crippen molar-refractivity contribution in [2.45, 2.75) is 26.8 Å². The van der Waals surface area contributed by atoms with E-state index < -0.39 is 6.04 Å². The van der Waals surface area contributed by atoms with Gasteiger partial charge in [0.05, 0.1) is 6.57 Å². The summed E-state index contributed by atoms with van der Waals surface area (Å²) >= 11 is 0. The van der Waals surface area contributed by atoms with E-state index in [-0.39, 0.29) is 11.9 Å². The van der Waals surface area contributed by atoms with Gasteiger partial charge in [-0.25, -0.2) is 19.5 Å². The molecule has 1 aromatic rings. The lowest BCUT2D eigenvalue weighted by Gasteiger charge is -2.16. The van der Waals surface area contributed by atoms with Crippen LogP contribution in [0.1, 0.15) is 18.2 Å². The highest BCUT2D eigenvalue weighted by molar-refractivity contribution is 6.20. The van der Waals surface area contributed by atoms with Gasteiger partial charge >= 0.3 is 6.03 Å². The zero-order valence-corrected chi connectivity index (χ0v) is 11.3. The number of urea groups is 1. The van der Waals surface area contributed by atoms with E-state index in [1.165, 1.54) is 4.90 Å². The Morgan fingerprint density at radius 2 is 2.00 bits per heavy atom. The van der Waals surface area contributed by atoms with Crippen molar-refractivity contribution in [3.05, 3.63) is 28.7 Å². The maximum absolute atomic E-state index is 12.1. The van der Waals surface area contributed by atoms with Crippen LogP contribution in [0, 0.1) is 20.4 Å². The van der Waals surface area contributed by atoms with Crippen LogP contribution in [0.15, 0.2) is 6.07 Å². The Labute approximate surface area is 111 Å². The number of carbonyl (C=O) groups excluding carboxylic acids is 2. The minimum atomic E-state index is -0.491. The Bertz CT molecular complexity index is 598. The molecule has 0 spiro atoms. The van der Waals surface area contributed by atoms with Crippen LogP contribution >= 0.6 is 0 Å². The van der Waals surface area contributed by atoms with E-state index in [0.29, 0.717) is 22.8 Å². The first kappa shape index (κ1) is 13.0. The molecule has 0 aromatic carbocycles. The van der Waals surface area contributed by atoms with Crippen molar-refractivity contribution in [1.82, 2.24) is 9.88 Å². The highest BCUT2D eigenvalue weighted by Gasteiger charge is 2.42. The number of aromatic nitrogens is 1. The third kappa shape index (κ3) is 1.83. The van der Waals surface area contributed by atoms with Gasteiger partial charge in [0.2, 0.25) is 5.69 Å². The third-order valence-corrected chi connectivity index (χ3v) is 3.33. The molecule has 98 valence electrons. The number of hydrogen-bond acceptors (Lipinski definition) is 3. The largest absolute Gasteiger partial charge is 0.333 e. The van der Waals surface area contributed by atoms with Crippen molar-refractivity contribution >= 4 is 23.4 Å². The number of pyridine rings is 1. The fourth-order valence-electron chi connectivity index (χ4n) is 1.98. The molecule has 1 aromatic heterocycles. The van der Waals surface area contributed by atoms with Crippen LogP contribution in [-0.4, -0.2) is 34.9 Å². The molecule has 0 bridgehead atoms. The van der Waals surface area contributed by atoms with Gasteiger partial charge in [0.15, 0.2) is 0 Å². The monoisotopic (exact) mass is 258 g/mol. The van der Waals surface area contributed by atoms with Crippen molar-refractivity contribution in [3.63, 3.8) is 0 Å². The summed E-state index contributed by atoms with van der Waals surface area (Å²) in [7, 11) is 1.58. The fraction of sp³-hybridized carbons (Fsp3) is 0.385. The zero-order valence-electron chi connectivity index (χ0n) is 11.3. The maximum atomic E-state index is 12.1. The highest BCUT2D eigenvalue weighted by atomic mass is 16.2. The lowest BCUT2D eigenvalue weighted by Crippen LogP contribution is -2.32. The molecule has 1 atom stereocenters. The Morgan fingerprint density at radius 1 is 1.37 bits per heavy atom. The highest BCUT2D eigenvalue weighted by Crippen LogP contribution is 2.29. The molecule has 1 unspecified atom stereocenters. The van der Waals surface area contributed by atoms with Crippen molar-refractivity contribution in [2.24, 2.45) is 0 Å². The first-order valence-corrected chi connectivity index (χ1v) is 5.85. The summed E-state index contributed by atoms with van der Waals surface area (Å²) in [4.78, 5) is 34.2. The fourth-order valence-corrected chi connectivity index (χ4v) is 1.98. The number of likely N-dealkylation sites (N-methyl/N-ethyl adjacent to an activating group) is 1. The van der Waals surface area contributed by atoms with Crippen LogP contribution in [0.25, 0.3) is 4.85 Å². The standard InChI is InChI=1S/C13H14N4O2/c1-7-6-10(14-4)8(2)15-11(7)17-12(18)9(3)16(5)13(17)19/h6,9H,1-3,5H3. The van der Waals surface area contributed by atoms with Crippen LogP contribution < -0.4 is 4.90 Å². The number of nitrogens with zero attached hydrogens (tertiary/aromatic N) is 4. The van der Waals surface area contributed by atoms with Gasteiger partial charge < -0.3 is 4.90 Å². The van der Waals surface area contributed by atoms with E-state index in [4.69, 9.17) is 6.57 Å². The molecule has 1 aliphatic heterocycles. The van der Waals surface area contributed by atoms with Gasteiger partial charge in [-0.3, -0.25) is 4.79 Å². The Hall–Kier alpha value is -2.42. The second-order valence-corrected chi connectivity index (χ2v) is 4.59. The number of hydrogen-bond donors (Lipinski definition) is 0. The summed E-state index contributed by atoms with van der Waals surface area (Å²) in [5.41, 5.74) is 1.58. The second-order valence-electron chi connectivity index (χ2n) is 4.59. The topological polar surface area (TPSA) is 57.9 Å². The van der Waals surface area contributed by atoms with Crippen LogP contribution in [0.3, 0.4) is 0 Å². The minimum absolute atomic E-state index is 0.293. The average molecular weight is 258 g/mol. The molecular formula is C13H14N4O2. The SMILES string of the molecule is [C-]#[N+]c1cc(C)c(N2C(=O)C(C)N(C)C2=O)nc1C. The predicted octanol–water partition coefficient (Wildman–Crippen LogP) is 2.04. The Morgan fingerprint density at radius 3 is 2.47 bits per heavy atom. The molecule has 2 heterocycles. The molecule has 0 radical (unpaired) electrons. The maximum Gasteiger partial charge on any atom is 0.333 e. The van der Waals surface area contributed by atoms with Crippen molar-refractivity contribution in [2.75, 3.05) is 11.9 Å². The summed E-state index contributed by atoms with van der Waals surface area (Å²) in [6, 6.07) is 0.770. The molecule has 2 rings (SSSR count). The van der Waals surface area contributed by atoms with E-state index in [9.17, 15) is 9.59 Å². The quantitative estimate of drug-likeness (QED) is 0.572. The number of aryl methyl sites for hydroxylation is 2. The van der Waals surface area contributed by atoms with Crippen LogP contribution in [0.2, 0.25) is 0 Å². The third-order valence-electron chi connectivity index (χ3n) is 3.33. The van der Waals surface area contributed by atoms with E-state index in [1.54, 1.807) is 33.9 Å². The Kier molecular flexibility index (Phi) is 2.98. The molecule has 6 heteroatoms.